The second-order valence-corrected chi connectivity index (χ2v) is 8.34. The van der Waals surface area contributed by atoms with E-state index in [9.17, 15) is 14.4 Å². The van der Waals surface area contributed by atoms with Gasteiger partial charge in [-0.2, -0.15) is 0 Å². The second-order valence-electron chi connectivity index (χ2n) is 5.60. The van der Waals surface area contributed by atoms with E-state index in [1.54, 1.807) is 0 Å². The molecule has 0 aliphatic rings. The van der Waals surface area contributed by atoms with Gasteiger partial charge in [0.25, 0.3) is 0 Å². The molecule has 10 nitrogen and oxygen atoms in total. The Morgan fingerprint density at radius 2 is 1.33 bits per heavy atom. The van der Waals surface area contributed by atoms with E-state index in [0.29, 0.717) is 38.9 Å². The van der Waals surface area contributed by atoms with Crippen LogP contribution < -0.4 is 17.1 Å². The van der Waals surface area contributed by atoms with Crippen LogP contribution in [0.2, 0.25) is 6.04 Å². The van der Waals surface area contributed by atoms with Gasteiger partial charge < -0.3 is 18.0 Å². The Kier molecular flexibility index (Phi) is 10.5. The minimum Gasteiger partial charge on any atom is -0.380 e. The van der Waals surface area contributed by atoms with Crippen molar-refractivity contribution in [3.63, 3.8) is 0 Å². The first-order valence-electron chi connectivity index (χ1n) is 9.38. The zero-order valence-electron chi connectivity index (χ0n) is 16.6. The number of aromatic nitrogens is 3. The quantitative estimate of drug-likeness (QED) is 0.347. The van der Waals surface area contributed by atoms with Crippen LogP contribution >= 0.6 is 0 Å². The maximum absolute atomic E-state index is 12.5. The van der Waals surface area contributed by atoms with Crippen LogP contribution in [0.15, 0.2) is 14.4 Å². The normalized spacial score (nSPS) is 11.9. The van der Waals surface area contributed by atoms with E-state index in [1.807, 2.05) is 27.7 Å². The molecule has 0 saturated heterocycles. The van der Waals surface area contributed by atoms with Crippen LogP contribution in [0.3, 0.4) is 0 Å². The van der Waals surface area contributed by atoms with E-state index >= 15 is 0 Å². The Morgan fingerprint density at radius 1 is 0.815 bits per heavy atom. The van der Waals surface area contributed by atoms with Gasteiger partial charge in [0.05, 0.1) is 13.2 Å². The molecule has 1 N–H and O–H groups in total. The highest BCUT2D eigenvalue weighted by molar-refractivity contribution is 6.60. The van der Waals surface area contributed by atoms with Gasteiger partial charge in [0, 0.05) is 39.0 Å². The predicted molar refractivity (Wildman–Crippen MR) is 102 cm³/mol. The first-order chi connectivity index (χ1) is 12.9. The van der Waals surface area contributed by atoms with Crippen LogP contribution in [0.4, 0.5) is 0 Å². The maximum Gasteiger partial charge on any atom is 0.500 e. The molecule has 0 spiro atoms. The van der Waals surface area contributed by atoms with E-state index in [4.69, 9.17) is 18.0 Å². The lowest BCUT2D eigenvalue weighted by Gasteiger charge is -2.28. The number of hydrogen-bond acceptors (Lipinski definition) is 7. The predicted octanol–water partition coefficient (Wildman–Crippen LogP) is 0.173. The van der Waals surface area contributed by atoms with Crippen molar-refractivity contribution in [2.24, 2.45) is 0 Å². The number of rotatable bonds is 14. The summed E-state index contributed by atoms with van der Waals surface area (Å²) in [5.74, 6) is 0. The standard InChI is InChI=1S/C16H31N3O7Si/c1-5-23-12-11-19-15(21)17-14(20)18(16(19)22)10-9-13-27(24-6-2,25-7-3)26-8-4/h5-13H2,1-4H3,(H,17,20,21). The summed E-state index contributed by atoms with van der Waals surface area (Å²) < 4.78 is 24.5. The highest BCUT2D eigenvalue weighted by atomic mass is 28.4. The van der Waals surface area contributed by atoms with Crippen molar-refractivity contribution in [3.05, 3.63) is 31.5 Å². The van der Waals surface area contributed by atoms with Crippen molar-refractivity contribution < 1.29 is 18.0 Å². The fourth-order valence-electron chi connectivity index (χ4n) is 2.70. The third-order valence-electron chi connectivity index (χ3n) is 3.79. The summed E-state index contributed by atoms with van der Waals surface area (Å²) in [7, 11) is -2.85. The van der Waals surface area contributed by atoms with E-state index in [-0.39, 0.29) is 19.7 Å². The highest BCUT2D eigenvalue weighted by Crippen LogP contribution is 2.18. The first-order valence-corrected chi connectivity index (χ1v) is 11.3. The molecule has 1 heterocycles. The molecular weight excluding hydrogens is 374 g/mol. The summed E-state index contributed by atoms with van der Waals surface area (Å²) >= 11 is 0. The molecule has 0 aliphatic heterocycles. The Bertz CT molecular complexity index is 711. The Balaban J connectivity index is 2.94. The zero-order chi connectivity index (χ0) is 20.3. The molecule has 0 radical (unpaired) electrons. The molecule has 0 aliphatic carbocycles. The average molecular weight is 406 g/mol. The Hall–Kier alpha value is -1.53. The fraction of sp³-hybridized carbons (Fsp3) is 0.812. The smallest absolute Gasteiger partial charge is 0.380 e. The van der Waals surface area contributed by atoms with E-state index < -0.39 is 25.9 Å². The van der Waals surface area contributed by atoms with Gasteiger partial charge in [-0.1, -0.05) is 0 Å². The summed E-state index contributed by atoms with van der Waals surface area (Å²) in [4.78, 5) is 38.6. The van der Waals surface area contributed by atoms with Crippen LogP contribution in [0.25, 0.3) is 0 Å². The molecule has 156 valence electrons. The summed E-state index contributed by atoms with van der Waals surface area (Å²) in [5, 5.41) is 0. The molecule has 0 bridgehead atoms. The molecule has 0 aromatic carbocycles. The highest BCUT2D eigenvalue weighted by Gasteiger charge is 2.39. The van der Waals surface area contributed by atoms with Crippen LogP contribution in [-0.2, 0) is 31.1 Å². The van der Waals surface area contributed by atoms with Gasteiger partial charge in [-0.15, -0.1) is 0 Å². The molecule has 0 fully saturated rings. The van der Waals surface area contributed by atoms with Gasteiger partial charge in [0.15, 0.2) is 0 Å². The van der Waals surface area contributed by atoms with Crippen LogP contribution in [-0.4, -0.2) is 56.0 Å². The Labute approximate surface area is 159 Å². The molecule has 0 atom stereocenters. The monoisotopic (exact) mass is 405 g/mol. The van der Waals surface area contributed by atoms with Crippen molar-refractivity contribution >= 4 is 8.80 Å². The number of aromatic amines is 1. The van der Waals surface area contributed by atoms with Crippen LogP contribution in [0.1, 0.15) is 34.1 Å². The number of hydrogen-bond donors (Lipinski definition) is 1. The van der Waals surface area contributed by atoms with Gasteiger partial charge in [0.2, 0.25) is 0 Å². The second kappa shape index (κ2) is 12.0. The summed E-state index contributed by atoms with van der Waals surface area (Å²) in [5.41, 5.74) is -2.11. The lowest BCUT2D eigenvalue weighted by molar-refractivity contribution is 0.0704. The molecule has 0 amide bonds. The molecule has 0 unspecified atom stereocenters. The van der Waals surface area contributed by atoms with Crippen LogP contribution in [0, 0.1) is 0 Å². The van der Waals surface area contributed by atoms with E-state index in [1.165, 1.54) is 0 Å². The molecule has 27 heavy (non-hydrogen) atoms. The molecule has 1 aromatic heterocycles. The summed E-state index contributed by atoms with van der Waals surface area (Å²) in [6.07, 6.45) is 0.443. The number of H-pyrrole nitrogens is 1. The van der Waals surface area contributed by atoms with E-state index in [0.717, 1.165) is 9.13 Å². The lowest BCUT2D eigenvalue weighted by atomic mass is 10.5. The van der Waals surface area contributed by atoms with Gasteiger partial charge >= 0.3 is 25.9 Å². The van der Waals surface area contributed by atoms with E-state index in [2.05, 4.69) is 4.98 Å². The van der Waals surface area contributed by atoms with Crippen molar-refractivity contribution in [1.82, 2.24) is 14.1 Å². The molecular formula is C16H31N3O7Si. The maximum atomic E-state index is 12.5. The molecule has 1 aromatic rings. The Morgan fingerprint density at radius 3 is 1.81 bits per heavy atom. The van der Waals surface area contributed by atoms with Crippen LogP contribution in [0.5, 0.6) is 0 Å². The molecule has 0 saturated carbocycles. The third-order valence-corrected chi connectivity index (χ3v) is 6.94. The minimum absolute atomic E-state index is 0.0812. The number of nitrogens with zero attached hydrogens (tertiary/aromatic N) is 2. The van der Waals surface area contributed by atoms with Crippen molar-refractivity contribution in [2.45, 2.75) is 53.2 Å². The molecule has 11 heteroatoms. The fourth-order valence-corrected chi connectivity index (χ4v) is 5.29. The number of ether oxygens (including phenoxy) is 1. The van der Waals surface area contributed by atoms with Crippen molar-refractivity contribution in [3.8, 4) is 0 Å². The summed E-state index contributed by atoms with van der Waals surface area (Å²) in [6, 6.07) is 0.465. The largest absolute Gasteiger partial charge is 0.500 e. The molecule has 1 rings (SSSR count). The topological polar surface area (TPSA) is 114 Å². The van der Waals surface area contributed by atoms with Crippen molar-refractivity contribution in [2.75, 3.05) is 33.0 Å². The average Bonchev–Trinajstić information content (AvgIpc) is 2.61. The first kappa shape index (κ1) is 23.5. The van der Waals surface area contributed by atoms with Gasteiger partial charge in [0.1, 0.15) is 0 Å². The SMILES string of the molecule is CCOCCn1c(=O)[nH]c(=O)n(CCC[Si](OCC)(OCC)OCC)c1=O. The third kappa shape index (κ3) is 6.85. The number of nitrogens with one attached hydrogen (secondary N) is 1. The van der Waals surface area contributed by atoms with Crippen molar-refractivity contribution in [1.29, 1.82) is 0 Å². The minimum atomic E-state index is -2.85. The summed E-state index contributed by atoms with van der Waals surface area (Å²) in [6.45, 7) is 9.68. The zero-order valence-corrected chi connectivity index (χ0v) is 17.6. The lowest BCUT2D eigenvalue weighted by Crippen LogP contribution is -2.50. The van der Waals surface area contributed by atoms with Gasteiger partial charge in [-0.05, 0) is 34.1 Å². The van der Waals surface area contributed by atoms with Gasteiger partial charge in [-0.3, -0.25) is 4.98 Å². The van der Waals surface area contributed by atoms with Gasteiger partial charge in [-0.25, -0.2) is 23.5 Å².